The predicted molar refractivity (Wildman–Crippen MR) is 90.7 cm³/mol. The van der Waals surface area contributed by atoms with E-state index in [0.29, 0.717) is 10.6 Å². The maximum atomic E-state index is 12.9. The van der Waals surface area contributed by atoms with E-state index < -0.39 is 10.0 Å². The molecule has 0 fully saturated rings. The molecule has 120 valence electrons. The Morgan fingerprint density at radius 2 is 1.91 bits per heavy atom. The van der Waals surface area contributed by atoms with E-state index in [9.17, 15) is 12.8 Å². The minimum atomic E-state index is -3.43. The Labute approximate surface area is 141 Å². The lowest BCUT2D eigenvalue weighted by atomic mass is 10.2. The summed E-state index contributed by atoms with van der Waals surface area (Å²) in [5, 5.41) is 4.41. The maximum absolute atomic E-state index is 12.9. The van der Waals surface area contributed by atoms with E-state index in [4.69, 9.17) is 0 Å². The first kappa shape index (κ1) is 16.3. The molecule has 23 heavy (non-hydrogen) atoms. The number of thiophene rings is 1. The second-order valence-electron chi connectivity index (χ2n) is 4.73. The summed E-state index contributed by atoms with van der Waals surface area (Å²) < 4.78 is 39.8. The van der Waals surface area contributed by atoms with Crippen LogP contribution in [0.15, 0.2) is 51.4 Å². The molecule has 8 heteroatoms. The highest BCUT2D eigenvalue weighted by Crippen LogP contribution is 2.24. The normalized spacial score (nSPS) is 11.7. The number of nitrogens with one attached hydrogen (secondary N) is 1. The fourth-order valence-corrected chi connectivity index (χ4v) is 4.88. The first-order valence-corrected chi connectivity index (χ1v) is 10.0. The van der Waals surface area contributed by atoms with Gasteiger partial charge in [-0.05, 0) is 35.7 Å². The van der Waals surface area contributed by atoms with Crippen LogP contribution >= 0.6 is 22.7 Å². The second-order valence-corrected chi connectivity index (χ2v) is 8.53. The zero-order valence-corrected chi connectivity index (χ0v) is 14.3. The summed E-state index contributed by atoms with van der Waals surface area (Å²) in [4.78, 5) is 4.46. The first-order chi connectivity index (χ1) is 11.0. The average molecular weight is 368 g/mol. The monoisotopic (exact) mass is 368 g/mol. The molecule has 3 rings (SSSR count). The lowest BCUT2D eigenvalue weighted by Gasteiger charge is -2.03. The molecule has 0 spiro atoms. The van der Waals surface area contributed by atoms with Crippen molar-refractivity contribution in [3.05, 3.63) is 58.7 Å². The molecule has 0 saturated heterocycles. The van der Waals surface area contributed by atoms with Crippen molar-refractivity contribution in [1.29, 1.82) is 0 Å². The number of benzene rings is 1. The SMILES string of the molecule is O=S(=O)(NCCc1csc(-c2ccc(F)cc2)n1)c1cccs1. The third-order valence-electron chi connectivity index (χ3n) is 3.08. The number of hydrogen-bond donors (Lipinski definition) is 1. The van der Waals surface area contributed by atoms with Crippen molar-refractivity contribution in [3.8, 4) is 10.6 Å². The minimum absolute atomic E-state index is 0.284. The molecule has 0 atom stereocenters. The van der Waals surface area contributed by atoms with E-state index in [0.717, 1.165) is 16.3 Å². The fourth-order valence-electron chi connectivity index (χ4n) is 1.95. The molecular weight excluding hydrogens is 355 g/mol. The summed E-state index contributed by atoms with van der Waals surface area (Å²) >= 11 is 2.64. The first-order valence-electron chi connectivity index (χ1n) is 6.78. The van der Waals surface area contributed by atoms with Gasteiger partial charge in [-0.3, -0.25) is 0 Å². The number of nitrogens with zero attached hydrogens (tertiary/aromatic N) is 1. The van der Waals surface area contributed by atoms with Crippen molar-refractivity contribution in [3.63, 3.8) is 0 Å². The predicted octanol–water partition coefficient (Wildman–Crippen LogP) is 3.53. The van der Waals surface area contributed by atoms with Gasteiger partial charge in [0.15, 0.2) is 0 Å². The van der Waals surface area contributed by atoms with E-state index >= 15 is 0 Å². The summed E-state index contributed by atoms with van der Waals surface area (Å²) in [6.07, 6.45) is 0.502. The summed E-state index contributed by atoms with van der Waals surface area (Å²) in [6.45, 7) is 0.285. The Balaban J connectivity index is 1.61. The minimum Gasteiger partial charge on any atom is -0.241 e. The summed E-state index contributed by atoms with van der Waals surface area (Å²) in [7, 11) is -3.43. The molecule has 3 aromatic rings. The number of rotatable bonds is 6. The van der Waals surface area contributed by atoms with Crippen molar-refractivity contribution in [2.45, 2.75) is 10.6 Å². The molecule has 1 N–H and O–H groups in total. The van der Waals surface area contributed by atoms with Crippen molar-refractivity contribution < 1.29 is 12.8 Å². The van der Waals surface area contributed by atoms with Crippen LogP contribution in [0.3, 0.4) is 0 Å². The molecule has 0 aliphatic carbocycles. The van der Waals surface area contributed by atoms with Crippen LogP contribution in [0.2, 0.25) is 0 Å². The summed E-state index contributed by atoms with van der Waals surface area (Å²) in [6, 6.07) is 9.42. The molecule has 2 aromatic heterocycles. The van der Waals surface area contributed by atoms with Crippen LogP contribution in [0, 0.1) is 5.82 Å². The average Bonchev–Trinajstić information content (AvgIpc) is 3.19. The highest BCUT2D eigenvalue weighted by Gasteiger charge is 2.14. The highest BCUT2D eigenvalue weighted by molar-refractivity contribution is 7.91. The van der Waals surface area contributed by atoms with Crippen LogP contribution < -0.4 is 4.72 Å². The van der Waals surface area contributed by atoms with Gasteiger partial charge >= 0.3 is 0 Å². The molecule has 0 amide bonds. The van der Waals surface area contributed by atoms with Gasteiger partial charge in [0.05, 0.1) is 5.69 Å². The third kappa shape index (κ3) is 4.03. The Morgan fingerprint density at radius 1 is 1.13 bits per heavy atom. The molecule has 0 radical (unpaired) electrons. The van der Waals surface area contributed by atoms with Crippen molar-refractivity contribution in [2.75, 3.05) is 6.54 Å². The van der Waals surface area contributed by atoms with Crippen LogP contribution in [-0.2, 0) is 16.4 Å². The summed E-state index contributed by atoms with van der Waals surface area (Å²) in [5.41, 5.74) is 1.66. The summed E-state index contributed by atoms with van der Waals surface area (Å²) in [5.74, 6) is -0.284. The number of thiazole rings is 1. The molecule has 0 saturated carbocycles. The third-order valence-corrected chi connectivity index (χ3v) is 6.87. The number of hydrogen-bond acceptors (Lipinski definition) is 5. The van der Waals surface area contributed by atoms with Gasteiger partial charge in [0.2, 0.25) is 10.0 Å². The van der Waals surface area contributed by atoms with E-state index in [1.54, 1.807) is 29.6 Å². The van der Waals surface area contributed by atoms with Gasteiger partial charge in [0.1, 0.15) is 15.0 Å². The standard InChI is InChI=1S/C15H13FN2O2S3/c16-12-5-3-11(4-6-12)15-18-13(10-22-15)7-8-17-23(19,20)14-2-1-9-21-14/h1-6,9-10,17H,7-8H2. The van der Waals surface area contributed by atoms with Crippen LogP contribution in [0.1, 0.15) is 5.69 Å². The van der Waals surface area contributed by atoms with E-state index in [1.807, 2.05) is 5.38 Å². The zero-order valence-electron chi connectivity index (χ0n) is 11.9. The highest BCUT2D eigenvalue weighted by atomic mass is 32.2. The van der Waals surface area contributed by atoms with Crippen molar-refractivity contribution in [1.82, 2.24) is 9.71 Å². The van der Waals surface area contributed by atoms with Gasteiger partial charge < -0.3 is 0 Å². The largest absolute Gasteiger partial charge is 0.250 e. The van der Waals surface area contributed by atoms with E-state index in [1.165, 1.54) is 34.8 Å². The smallest absolute Gasteiger partial charge is 0.241 e. The molecule has 0 bridgehead atoms. The Hall–Kier alpha value is -1.61. The van der Waals surface area contributed by atoms with Crippen molar-refractivity contribution >= 4 is 32.7 Å². The lowest BCUT2D eigenvalue weighted by molar-refractivity contribution is 0.583. The molecule has 2 heterocycles. The van der Waals surface area contributed by atoms with Gasteiger partial charge in [0.25, 0.3) is 0 Å². The second kappa shape index (κ2) is 6.88. The van der Waals surface area contributed by atoms with E-state index in [-0.39, 0.29) is 12.4 Å². The van der Waals surface area contributed by atoms with Gasteiger partial charge in [-0.2, -0.15) is 0 Å². The molecule has 0 unspecified atom stereocenters. The van der Waals surface area contributed by atoms with Crippen LogP contribution in [-0.4, -0.2) is 19.9 Å². The van der Waals surface area contributed by atoms with Crippen molar-refractivity contribution in [2.24, 2.45) is 0 Å². The fraction of sp³-hybridized carbons (Fsp3) is 0.133. The Kier molecular flexibility index (Phi) is 4.86. The number of aromatic nitrogens is 1. The number of halogens is 1. The Bertz CT molecular complexity index is 872. The molecule has 0 aliphatic heterocycles. The molecule has 4 nitrogen and oxygen atoms in total. The quantitative estimate of drug-likeness (QED) is 0.724. The van der Waals surface area contributed by atoms with Crippen LogP contribution in [0.25, 0.3) is 10.6 Å². The maximum Gasteiger partial charge on any atom is 0.250 e. The molecular formula is C15H13FN2O2S3. The topological polar surface area (TPSA) is 59.1 Å². The van der Waals surface area contributed by atoms with Crippen LogP contribution in [0.5, 0.6) is 0 Å². The van der Waals surface area contributed by atoms with E-state index in [2.05, 4.69) is 9.71 Å². The van der Waals surface area contributed by atoms with Gasteiger partial charge in [0, 0.05) is 23.9 Å². The lowest BCUT2D eigenvalue weighted by Crippen LogP contribution is -2.25. The Morgan fingerprint density at radius 3 is 2.61 bits per heavy atom. The van der Waals surface area contributed by atoms with Crippen LogP contribution in [0.4, 0.5) is 4.39 Å². The van der Waals surface area contributed by atoms with Gasteiger partial charge in [-0.25, -0.2) is 22.5 Å². The van der Waals surface area contributed by atoms with Gasteiger partial charge in [-0.1, -0.05) is 6.07 Å². The zero-order chi connectivity index (χ0) is 16.3. The number of sulfonamides is 1. The molecule has 0 aliphatic rings. The molecule has 1 aromatic carbocycles. The van der Waals surface area contributed by atoms with Gasteiger partial charge in [-0.15, -0.1) is 22.7 Å².